The number of aryl methyl sites for hydroxylation is 1. The second-order valence-electron chi connectivity index (χ2n) is 6.92. The van der Waals surface area contributed by atoms with Gasteiger partial charge in [-0.2, -0.15) is 5.10 Å². The molecule has 142 valence electrons. The van der Waals surface area contributed by atoms with E-state index in [-0.39, 0.29) is 24.4 Å². The van der Waals surface area contributed by atoms with E-state index in [9.17, 15) is 4.79 Å². The first-order valence-electron chi connectivity index (χ1n) is 9.32. The maximum atomic E-state index is 12.8. The highest BCUT2D eigenvalue weighted by Gasteiger charge is 2.27. The largest absolute Gasteiger partial charge is 0.347 e. The summed E-state index contributed by atoms with van der Waals surface area (Å²) in [6, 6.07) is 8.30. The molecule has 6 heteroatoms. The molecule has 2 aromatic rings. The lowest BCUT2D eigenvalue weighted by Crippen LogP contribution is -2.40. The Morgan fingerprint density at radius 2 is 2.04 bits per heavy atom. The van der Waals surface area contributed by atoms with E-state index in [4.69, 9.17) is 5.73 Å². The molecule has 0 bridgehead atoms. The standard InChI is InChI=1S/C20H28N4O.ClH/c1-3-4-6-15(13-21)22-20(25)19-17-7-5-8-18(17)24(23-19)16-11-9-14(2)10-12-16;/h9-12,15H,3-8,13,21H2,1-2H3,(H,22,25);1H. The van der Waals surface area contributed by atoms with Crippen LogP contribution in [0, 0.1) is 6.92 Å². The SMILES string of the molecule is CCCCC(CN)NC(=O)c1nn(-c2ccc(C)cc2)c2c1CCC2.Cl. The number of halogens is 1. The molecule has 0 aliphatic heterocycles. The number of unbranched alkanes of at least 4 members (excludes halogenated alkanes) is 1. The van der Waals surface area contributed by atoms with Crippen molar-refractivity contribution < 1.29 is 4.79 Å². The van der Waals surface area contributed by atoms with Crippen LogP contribution in [0.3, 0.4) is 0 Å². The number of rotatable bonds is 7. The minimum absolute atomic E-state index is 0. The first-order chi connectivity index (χ1) is 12.1. The van der Waals surface area contributed by atoms with E-state index in [1.165, 1.54) is 11.3 Å². The summed E-state index contributed by atoms with van der Waals surface area (Å²) in [7, 11) is 0. The van der Waals surface area contributed by atoms with Gasteiger partial charge in [-0.1, -0.05) is 37.5 Å². The molecule has 5 nitrogen and oxygen atoms in total. The highest BCUT2D eigenvalue weighted by molar-refractivity contribution is 5.94. The monoisotopic (exact) mass is 376 g/mol. The number of nitrogens with two attached hydrogens (primary N) is 1. The summed E-state index contributed by atoms with van der Waals surface area (Å²) in [5.74, 6) is -0.0874. The van der Waals surface area contributed by atoms with Crippen molar-refractivity contribution in [2.24, 2.45) is 5.73 Å². The zero-order valence-electron chi connectivity index (χ0n) is 15.6. The predicted molar refractivity (Wildman–Crippen MR) is 107 cm³/mol. The van der Waals surface area contributed by atoms with E-state index in [0.717, 1.165) is 49.8 Å². The number of nitrogens with one attached hydrogen (secondary N) is 1. The smallest absolute Gasteiger partial charge is 0.272 e. The van der Waals surface area contributed by atoms with E-state index in [0.29, 0.717) is 12.2 Å². The fourth-order valence-corrected chi connectivity index (χ4v) is 3.47. The van der Waals surface area contributed by atoms with Crippen LogP contribution in [0.5, 0.6) is 0 Å². The van der Waals surface area contributed by atoms with Gasteiger partial charge in [-0.05, 0) is 44.7 Å². The van der Waals surface area contributed by atoms with Crippen LogP contribution in [-0.2, 0) is 12.8 Å². The maximum Gasteiger partial charge on any atom is 0.272 e. The van der Waals surface area contributed by atoms with Gasteiger partial charge >= 0.3 is 0 Å². The Hall–Kier alpha value is -1.85. The molecule has 0 saturated heterocycles. The third-order valence-corrected chi connectivity index (χ3v) is 4.95. The molecule has 0 saturated carbocycles. The summed E-state index contributed by atoms with van der Waals surface area (Å²) in [6.07, 6.45) is 6.06. The predicted octanol–water partition coefficient (Wildman–Crippen LogP) is 3.34. The van der Waals surface area contributed by atoms with Crippen molar-refractivity contribution in [1.82, 2.24) is 15.1 Å². The average Bonchev–Trinajstić information content (AvgIpc) is 3.21. The number of nitrogens with zero attached hydrogens (tertiary/aromatic N) is 2. The minimum Gasteiger partial charge on any atom is -0.347 e. The number of fused-ring (bicyclic) bond motifs is 1. The van der Waals surface area contributed by atoms with Gasteiger partial charge in [0, 0.05) is 23.8 Å². The summed E-state index contributed by atoms with van der Waals surface area (Å²) in [5, 5.41) is 7.74. The van der Waals surface area contributed by atoms with E-state index in [2.05, 4.69) is 48.5 Å². The summed E-state index contributed by atoms with van der Waals surface area (Å²) in [5.41, 5.74) is 10.9. The Bertz CT molecular complexity index is 739. The zero-order valence-corrected chi connectivity index (χ0v) is 16.4. The first-order valence-corrected chi connectivity index (χ1v) is 9.32. The van der Waals surface area contributed by atoms with Crippen molar-refractivity contribution in [3.63, 3.8) is 0 Å². The van der Waals surface area contributed by atoms with Crippen LogP contribution in [0.15, 0.2) is 24.3 Å². The van der Waals surface area contributed by atoms with E-state index >= 15 is 0 Å². The maximum absolute atomic E-state index is 12.8. The fourth-order valence-electron chi connectivity index (χ4n) is 3.47. The van der Waals surface area contributed by atoms with Crippen LogP contribution in [0.1, 0.15) is 59.9 Å². The molecule has 1 aromatic heterocycles. The van der Waals surface area contributed by atoms with Gasteiger partial charge in [-0.3, -0.25) is 4.79 Å². The normalized spacial score (nSPS) is 13.8. The van der Waals surface area contributed by atoms with Crippen LogP contribution in [0.25, 0.3) is 5.69 Å². The highest BCUT2D eigenvalue weighted by Crippen LogP contribution is 2.28. The van der Waals surface area contributed by atoms with Crippen LogP contribution in [-0.4, -0.2) is 28.3 Å². The van der Waals surface area contributed by atoms with Crippen LogP contribution >= 0.6 is 12.4 Å². The number of hydrogen-bond donors (Lipinski definition) is 2. The molecule has 1 aromatic carbocycles. The summed E-state index contributed by atoms with van der Waals surface area (Å²) >= 11 is 0. The van der Waals surface area contributed by atoms with Gasteiger partial charge in [-0.25, -0.2) is 4.68 Å². The second kappa shape index (κ2) is 9.19. The third kappa shape index (κ3) is 4.27. The van der Waals surface area contributed by atoms with Gasteiger partial charge < -0.3 is 11.1 Å². The number of amides is 1. The van der Waals surface area contributed by atoms with Crippen molar-refractivity contribution in [1.29, 1.82) is 0 Å². The van der Waals surface area contributed by atoms with Crippen molar-refractivity contribution in [3.8, 4) is 5.69 Å². The average molecular weight is 377 g/mol. The summed E-state index contributed by atoms with van der Waals surface area (Å²) in [4.78, 5) is 12.8. The van der Waals surface area contributed by atoms with Gasteiger partial charge in [-0.15, -0.1) is 12.4 Å². The van der Waals surface area contributed by atoms with E-state index < -0.39 is 0 Å². The molecule has 3 N–H and O–H groups in total. The zero-order chi connectivity index (χ0) is 17.8. The third-order valence-electron chi connectivity index (χ3n) is 4.95. The highest BCUT2D eigenvalue weighted by atomic mass is 35.5. The molecule has 1 aliphatic rings. The van der Waals surface area contributed by atoms with Crippen molar-refractivity contribution in [2.75, 3.05) is 6.54 Å². The van der Waals surface area contributed by atoms with Gasteiger partial charge in [0.25, 0.3) is 5.91 Å². The molecule has 1 amide bonds. The Balaban J connectivity index is 0.00000243. The molecular weight excluding hydrogens is 348 g/mol. The number of benzene rings is 1. The lowest BCUT2D eigenvalue weighted by Gasteiger charge is -2.16. The molecule has 0 spiro atoms. The molecular formula is C20H29ClN4O. The van der Waals surface area contributed by atoms with Gasteiger partial charge in [0.1, 0.15) is 0 Å². The summed E-state index contributed by atoms with van der Waals surface area (Å²) < 4.78 is 1.94. The summed E-state index contributed by atoms with van der Waals surface area (Å²) in [6.45, 7) is 4.68. The second-order valence-corrected chi connectivity index (χ2v) is 6.92. The van der Waals surface area contributed by atoms with Crippen LogP contribution in [0.4, 0.5) is 0 Å². The molecule has 1 atom stereocenters. The van der Waals surface area contributed by atoms with Gasteiger partial charge in [0.2, 0.25) is 0 Å². The molecule has 0 radical (unpaired) electrons. The molecule has 0 fully saturated rings. The lowest BCUT2D eigenvalue weighted by atomic mass is 10.1. The molecule has 1 unspecified atom stereocenters. The Morgan fingerprint density at radius 3 is 2.69 bits per heavy atom. The van der Waals surface area contributed by atoms with Crippen LogP contribution in [0.2, 0.25) is 0 Å². The Labute approximate surface area is 161 Å². The number of carbonyl (C=O) groups excluding carboxylic acids is 1. The molecule has 1 heterocycles. The van der Waals surface area contributed by atoms with Gasteiger partial charge in [0.15, 0.2) is 5.69 Å². The van der Waals surface area contributed by atoms with E-state index in [1.807, 2.05) is 4.68 Å². The fraction of sp³-hybridized carbons (Fsp3) is 0.500. The van der Waals surface area contributed by atoms with Crippen molar-refractivity contribution in [3.05, 3.63) is 46.8 Å². The Morgan fingerprint density at radius 1 is 1.31 bits per heavy atom. The first kappa shape index (κ1) is 20.5. The van der Waals surface area contributed by atoms with Gasteiger partial charge in [0.05, 0.1) is 5.69 Å². The quantitative estimate of drug-likeness (QED) is 0.778. The van der Waals surface area contributed by atoms with Crippen molar-refractivity contribution in [2.45, 2.75) is 58.4 Å². The molecule has 26 heavy (non-hydrogen) atoms. The topological polar surface area (TPSA) is 72.9 Å². The molecule has 3 rings (SSSR count). The van der Waals surface area contributed by atoms with E-state index in [1.54, 1.807) is 0 Å². The lowest BCUT2D eigenvalue weighted by molar-refractivity contribution is 0.0929. The van der Waals surface area contributed by atoms with Crippen molar-refractivity contribution >= 4 is 18.3 Å². The number of hydrogen-bond acceptors (Lipinski definition) is 3. The Kier molecular flexibility index (Phi) is 7.23. The minimum atomic E-state index is -0.0874. The van der Waals surface area contributed by atoms with Crippen LogP contribution < -0.4 is 11.1 Å². The number of carbonyl (C=O) groups is 1. The number of aromatic nitrogens is 2. The molecule has 1 aliphatic carbocycles.